The van der Waals surface area contributed by atoms with Crippen LogP contribution in [0.25, 0.3) is 10.8 Å². The van der Waals surface area contributed by atoms with Crippen molar-refractivity contribution in [3.8, 4) is 5.75 Å². The second-order valence-electron chi connectivity index (χ2n) is 3.73. The molecule has 1 aromatic carbocycles. The van der Waals surface area contributed by atoms with Crippen molar-refractivity contribution >= 4 is 23.0 Å². The fourth-order valence-corrected chi connectivity index (χ4v) is 1.87. The Balaban J connectivity index is 2.38. The van der Waals surface area contributed by atoms with Gasteiger partial charge in [0.05, 0.1) is 6.61 Å². The molecule has 84 valence electrons. The van der Waals surface area contributed by atoms with E-state index in [1.54, 1.807) is 0 Å². The van der Waals surface area contributed by atoms with E-state index in [9.17, 15) is 0 Å². The maximum Gasteiger partial charge on any atom is 0.143 e. The van der Waals surface area contributed by atoms with Crippen LogP contribution in [0, 0.1) is 4.64 Å². The number of aromatic nitrogens is 1. The Morgan fingerprint density at radius 1 is 1.25 bits per heavy atom. The van der Waals surface area contributed by atoms with Crippen LogP contribution in [0.3, 0.4) is 0 Å². The van der Waals surface area contributed by atoms with Gasteiger partial charge in [0.2, 0.25) is 0 Å². The normalized spacial score (nSPS) is 10.6. The first kappa shape index (κ1) is 11.1. The van der Waals surface area contributed by atoms with Gasteiger partial charge in [-0.1, -0.05) is 49.8 Å². The molecule has 0 radical (unpaired) electrons. The summed E-state index contributed by atoms with van der Waals surface area (Å²) in [5, 5.41) is 2.13. The molecule has 0 unspecified atom stereocenters. The van der Waals surface area contributed by atoms with Crippen LogP contribution in [0.2, 0.25) is 0 Å². The third-order valence-corrected chi connectivity index (χ3v) is 2.86. The van der Waals surface area contributed by atoms with E-state index in [2.05, 4.69) is 11.9 Å². The van der Waals surface area contributed by atoms with Crippen molar-refractivity contribution in [1.29, 1.82) is 0 Å². The van der Waals surface area contributed by atoms with Gasteiger partial charge < -0.3 is 9.72 Å². The predicted octanol–water partition coefficient (Wildman–Crippen LogP) is 4.08. The average Bonchev–Trinajstić information content (AvgIpc) is 2.33. The molecule has 0 aliphatic rings. The van der Waals surface area contributed by atoms with Gasteiger partial charge in [0.25, 0.3) is 0 Å². The molecule has 16 heavy (non-hydrogen) atoms. The number of unbranched alkanes of at least 4 members (excludes halogenated alkanes) is 1. The Morgan fingerprint density at radius 2 is 2.00 bits per heavy atom. The van der Waals surface area contributed by atoms with E-state index < -0.39 is 0 Å². The highest BCUT2D eigenvalue weighted by Crippen LogP contribution is 2.24. The lowest BCUT2D eigenvalue weighted by Gasteiger charge is -2.08. The van der Waals surface area contributed by atoms with E-state index in [0.29, 0.717) is 0 Å². The molecule has 0 aliphatic carbocycles. The zero-order valence-corrected chi connectivity index (χ0v) is 10.1. The van der Waals surface area contributed by atoms with Gasteiger partial charge in [-0.05, 0) is 6.42 Å². The maximum absolute atomic E-state index is 5.74. The fraction of sp³-hybridized carbons (Fsp3) is 0.308. The van der Waals surface area contributed by atoms with Crippen LogP contribution >= 0.6 is 12.2 Å². The molecule has 3 heteroatoms. The molecule has 0 amide bonds. The molecule has 1 N–H and O–H groups in total. The lowest BCUT2D eigenvalue weighted by Crippen LogP contribution is -1.97. The molecule has 0 saturated carbocycles. The molecule has 0 bridgehead atoms. The smallest absolute Gasteiger partial charge is 0.143 e. The van der Waals surface area contributed by atoms with E-state index in [1.165, 1.54) is 0 Å². The van der Waals surface area contributed by atoms with E-state index in [0.717, 1.165) is 40.6 Å². The van der Waals surface area contributed by atoms with Gasteiger partial charge in [0.15, 0.2) is 0 Å². The second-order valence-corrected chi connectivity index (χ2v) is 4.14. The average molecular weight is 233 g/mol. The van der Waals surface area contributed by atoms with Crippen LogP contribution in [0.1, 0.15) is 19.8 Å². The zero-order chi connectivity index (χ0) is 11.4. The number of benzene rings is 1. The fourth-order valence-electron chi connectivity index (χ4n) is 1.63. The topological polar surface area (TPSA) is 25.0 Å². The summed E-state index contributed by atoms with van der Waals surface area (Å²) in [4.78, 5) is 3.06. The monoisotopic (exact) mass is 233 g/mol. The Bertz CT molecular complexity index is 533. The van der Waals surface area contributed by atoms with Gasteiger partial charge in [0, 0.05) is 17.0 Å². The highest BCUT2D eigenvalue weighted by atomic mass is 32.1. The van der Waals surface area contributed by atoms with E-state index in [4.69, 9.17) is 17.0 Å². The summed E-state index contributed by atoms with van der Waals surface area (Å²) in [6.45, 7) is 2.91. The van der Waals surface area contributed by atoms with E-state index >= 15 is 0 Å². The molecule has 1 heterocycles. The van der Waals surface area contributed by atoms with Crippen molar-refractivity contribution in [2.75, 3.05) is 6.61 Å². The number of nitrogens with one attached hydrogen (secondary N) is 1. The third kappa shape index (κ3) is 2.25. The number of fused-ring (bicyclic) bond motifs is 1. The summed E-state index contributed by atoms with van der Waals surface area (Å²) in [7, 11) is 0. The van der Waals surface area contributed by atoms with Crippen molar-refractivity contribution in [3.05, 3.63) is 35.1 Å². The zero-order valence-electron chi connectivity index (χ0n) is 9.32. The van der Waals surface area contributed by atoms with Crippen LogP contribution in [0.4, 0.5) is 0 Å². The molecular formula is C13H15NOS. The van der Waals surface area contributed by atoms with Gasteiger partial charge in [-0.25, -0.2) is 0 Å². The molecule has 2 rings (SSSR count). The highest BCUT2D eigenvalue weighted by Gasteiger charge is 2.02. The van der Waals surface area contributed by atoms with Crippen LogP contribution in [0.15, 0.2) is 30.5 Å². The quantitative estimate of drug-likeness (QED) is 0.636. The number of ether oxygens (including phenoxy) is 1. The van der Waals surface area contributed by atoms with Crippen LogP contribution < -0.4 is 4.74 Å². The highest BCUT2D eigenvalue weighted by molar-refractivity contribution is 7.71. The summed E-state index contributed by atoms with van der Waals surface area (Å²) in [5.74, 6) is 0.887. The molecule has 0 fully saturated rings. The number of H-pyrrole nitrogens is 1. The number of pyridine rings is 1. The standard InChI is InChI=1S/C13H15NOS/c1-2-3-8-15-12-9-14-13(16)11-7-5-4-6-10(11)12/h4-7,9H,2-3,8H2,1H3,(H,14,16). The molecule has 2 aromatic rings. The SMILES string of the molecule is CCCCOc1c[nH]c(=S)c2ccccc12. The summed E-state index contributed by atoms with van der Waals surface area (Å²) in [6, 6.07) is 8.05. The Kier molecular flexibility index (Phi) is 3.57. The second kappa shape index (κ2) is 5.12. The molecule has 0 aliphatic heterocycles. The number of rotatable bonds is 4. The summed E-state index contributed by atoms with van der Waals surface area (Å²) in [5.41, 5.74) is 0. The predicted molar refractivity (Wildman–Crippen MR) is 69.5 cm³/mol. The molecule has 0 atom stereocenters. The first-order chi connectivity index (χ1) is 7.83. The number of aromatic amines is 1. The number of hydrogen-bond donors (Lipinski definition) is 1. The Morgan fingerprint density at radius 3 is 2.75 bits per heavy atom. The van der Waals surface area contributed by atoms with Crippen LogP contribution in [0.5, 0.6) is 5.75 Å². The van der Waals surface area contributed by atoms with Gasteiger partial charge in [-0.15, -0.1) is 0 Å². The van der Waals surface area contributed by atoms with Gasteiger partial charge in [-0.2, -0.15) is 0 Å². The summed E-state index contributed by atoms with van der Waals surface area (Å²) < 4.78 is 6.50. The van der Waals surface area contributed by atoms with E-state index in [1.807, 2.05) is 30.5 Å². The molecular weight excluding hydrogens is 218 g/mol. The van der Waals surface area contributed by atoms with Crippen molar-refractivity contribution in [2.24, 2.45) is 0 Å². The third-order valence-electron chi connectivity index (χ3n) is 2.53. The molecule has 1 aromatic heterocycles. The first-order valence-corrected chi connectivity index (χ1v) is 5.97. The summed E-state index contributed by atoms with van der Waals surface area (Å²) in [6.07, 6.45) is 4.06. The number of hydrogen-bond acceptors (Lipinski definition) is 2. The van der Waals surface area contributed by atoms with Crippen LogP contribution in [-0.2, 0) is 0 Å². The van der Waals surface area contributed by atoms with Crippen molar-refractivity contribution in [2.45, 2.75) is 19.8 Å². The van der Waals surface area contributed by atoms with Crippen molar-refractivity contribution in [3.63, 3.8) is 0 Å². The van der Waals surface area contributed by atoms with Gasteiger partial charge in [0.1, 0.15) is 10.4 Å². The van der Waals surface area contributed by atoms with E-state index in [-0.39, 0.29) is 0 Å². The largest absolute Gasteiger partial charge is 0.491 e. The Hall–Kier alpha value is -1.35. The minimum atomic E-state index is 0.755. The molecule has 2 nitrogen and oxygen atoms in total. The molecule has 0 saturated heterocycles. The molecule has 0 spiro atoms. The van der Waals surface area contributed by atoms with Gasteiger partial charge >= 0.3 is 0 Å². The minimum Gasteiger partial charge on any atom is -0.491 e. The van der Waals surface area contributed by atoms with Crippen molar-refractivity contribution in [1.82, 2.24) is 4.98 Å². The van der Waals surface area contributed by atoms with Crippen LogP contribution in [-0.4, -0.2) is 11.6 Å². The Labute approximate surface area is 100 Å². The lowest BCUT2D eigenvalue weighted by molar-refractivity contribution is 0.312. The first-order valence-electron chi connectivity index (χ1n) is 5.56. The van der Waals surface area contributed by atoms with Crippen molar-refractivity contribution < 1.29 is 4.74 Å². The minimum absolute atomic E-state index is 0.755. The maximum atomic E-state index is 5.74. The lowest BCUT2D eigenvalue weighted by atomic mass is 10.2. The summed E-state index contributed by atoms with van der Waals surface area (Å²) >= 11 is 5.24. The van der Waals surface area contributed by atoms with Gasteiger partial charge in [-0.3, -0.25) is 0 Å².